The van der Waals surface area contributed by atoms with Crippen molar-refractivity contribution in [3.8, 4) is 16.9 Å². The number of thioether (sulfide) groups is 1. The molecule has 0 bridgehead atoms. The van der Waals surface area contributed by atoms with Gasteiger partial charge in [0.2, 0.25) is 5.60 Å². The Bertz CT molecular complexity index is 1080. The lowest BCUT2D eigenvalue weighted by Crippen LogP contribution is -2.82. The summed E-state index contributed by atoms with van der Waals surface area (Å²) in [7, 11) is 0. The van der Waals surface area contributed by atoms with Crippen molar-refractivity contribution in [3.05, 3.63) is 47.7 Å². The summed E-state index contributed by atoms with van der Waals surface area (Å²) in [5, 5.41) is 33.9. The highest BCUT2D eigenvalue weighted by atomic mass is 35.5. The molecule has 8 nitrogen and oxygen atoms in total. The predicted octanol–water partition coefficient (Wildman–Crippen LogP) is 1.81. The average molecular weight is 480 g/mol. The summed E-state index contributed by atoms with van der Waals surface area (Å²) >= 11 is 7.02. The maximum atomic E-state index is 12.6. The van der Waals surface area contributed by atoms with Crippen molar-refractivity contribution in [2.75, 3.05) is 5.75 Å². The second-order valence-corrected chi connectivity index (χ2v) is 9.11. The predicted molar refractivity (Wildman–Crippen MR) is 118 cm³/mol. The van der Waals surface area contributed by atoms with Gasteiger partial charge in [-0.05, 0) is 45.0 Å². The fourth-order valence-corrected chi connectivity index (χ4v) is 5.60. The van der Waals surface area contributed by atoms with Crippen LogP contribution in [0.4, 0.5) is 0 Å². The standard InChI is InChI=1S/C22H22ClNO7S/c1-12(25)20(28)11-32-19(21(29,13(2)26)22(20,30)14(3)27)31-16-6-7-18(23)17(9-16)15-5-4-8-24-10-15/h4-10,19,28-30H,11H2,1-3H3/t19-,20-,21-,22-/m0/s1. The molecular weight excluding hydrogens is 458 g/mol. The SMILES string of the molecule is CC(=O)[C@]1(O)[C@@](O)(C(C)=O)CS[C@H](Oc2ccc(Cl)c(-c3cccnc3)c2)[C@@]1(O)C(C)=O. The summed E-state index contributed by atoms with van der Waals surface area (Å²) in [5.74, 6) is -3.47. The smallest absolute Gasteiger partial charge is 0.208 e. The van der Waals surface area contributed by atoms with Crippen molar-refractivity contribution >= 4 is 40.7 Å². The van der Waals surface area contributed by atoms with E-state index in [1.54, 1.807) is 36.7 Å². The fraction of sp³-hybridized carbons (Fsp3) is 0.364. The van der Waals surface area contributed by atoms with Crippen molar-refractivity contribution in [3.63, 3.8) is 0 Å². The molecule has 2 heterocycles. The van der Waals surface area contributed by atoms with Gasteiger partial charge >= 0.3 is 0 Å². The Balaban J connectivity index is 2.09. The Morgan fingerprint density at radius 2 is 1.78 bits per heavy atom. The van der Waals surface area contributed by atoms with Gasteiger partial charge in [0.05, 0.1) is 0 Å². The molecule has 170 valence electrons. The van der Waals surface area contributed by atoms with Crippen LogP contribution in [0.2, 0.25) is 5.02 Å². The quantitative estimate of drug-likeness (QED) is 0.567. The third-order valence-corrected chi connectivity index (χ3v) is 7.37. The first-order valence-corrected chi connectivity index (χ1v) is 11.0. The van der Waals surface area contributed by atoms with E-state index in [9.17, 15) is 29.7 Å². The van der Waals surface area contributed by atoms with Gasteiger partial charge in [-0.2, -0.15) is 0 Å². The van der Waals surface area contributed by atoms with E-state index in [0.29, 0.717) is 16.1 Å². The molecule has 1 aliphatic heterocycles. The highest BCUT2D eigenvalue weighted by molar-refractivity contribution is 8.00. The first-order valence-electron chi connectivity index (χ1n) is 9.58. The lowest BCUT2D eigenvalue weighted by molar-refractivity contribution is -0.235. The number of pyridine rings is 1. The Kier molecular flexibility index (Phi) is 6.52. The molecule has 1 aromatic carbocycles. The lowest BCUT2D eigenvalue weighted by atomic mass is 9.65. The summed E-state index contributed by atoms with van der Waals surface area (Å²) in [6.45, 7) is 2.80. The molecule has 4 atom stereocenters. The number of aliphatic hydroxyl groups is 3. The molecule has 1 fully saturated rings. The van der Waals surface area contributed by atoms with Crippen LogP contribution in [-0.2, 0) is 14.4 Å². The molecule has 0 radical (unpaired) electrons. The Labute approximate surface area is 193 Å². The van der Waals surface area contributed by atoms with E-state index in [1.165, 1.54) is 6.07 Å². The molecule has 1 aliphatic rings. The van der Waals surface area contributed by atoms with Crippen LogP contribution in [0.5, 0.6) is 5.75 Å². The number of ether oxygens (including phenoxy) is 1. The molecule has 0 saturated carbocycles. The van der Waals surface area contributed by atoms with Crippen molar-refractivity contribution in [2.24, 2.45) is 0 Å². The summed E-state index contributed by atoms with van der Waals surface area (Å²) < 4.78 is 5.85. The molecule has 10 heteroatoms. The van der Waals surface area contributed by atoms with Crippen LogP contribution in [0.25, 0.3) is 11.1 Å². The number of aromatic nitrogens is 1. The number of halogens is 1. The number of nitrogens with zero attached hydrogens (tertiary/aromatic N) is 1. The van der Waals surface area contributed by atoms with Crippen LogP contribution in [0.15, 0.2) is 42.7 Å². The number of carbonyl (C=O) groups excluding carboxylic acids is 3. The Morgan fingerprint density at radius 3 is 2.31 bits per heavy atom. The van der Waals surface area contributed by atoms with E-state index >= 15 is 0 Å². The molecule has 1 saturated heterocycles. The molecule has 0 spiro atoms. The summed E-state index contributed by atoms with van der Waals surface area (Å²) in [6, 6.07) is 8.09. The van der Waals surface area contributed by atoms with Gasteiger partial charge in [-0.3, -0.25) is 19.4 Å². The zero-order valence-corrected chi connectivity index (χ0v) is 19.1. The van der Waals surface area contributed by atoms with Crippen LogP contribution >= 0.6 is 23.4 Å². The molecule has 32 heavy (non-hydrogen) atoms. The van der Waals surface area contributed by atoms with Crippen molar-refractivity contribution in [1.82, 2.24) is 4.98 Å². The Morgan fingerprint density at radius 1 is 1.09 bits per heavy atom. The molecule has 3 N–H and O–H groups in total. The van der Waals surface area contributed by atoms with Crippen molar-refractivity contribution in [2.45, 2.75) is 43.0 Å². The van der Waals surface area contributed by atoms with Crippen LogP contribution in [0, 0.1) is 0 Å². The van der Waals surface area contributed by atoms with E-state index in [1.807, 2.05) is 0 Å². The van der Waals surface area contributed by atoms with Crippen LogP contribution < -0.4 is 4.74 Å². The minimum absolute atomic E-state index is 0.171. The number of benzene rings is 1. The number of hydrogen-bond acceptors (Lipinski definition) is 9. The average Bonchev–Trinajstić information content (AvgIpc) is 2.75. The van der Waals surface area contributed by atoms with Gasteiger partial charge in [0.15, 0.2) is 34.0 Å². The third kappa shape index (κ3) is 3.54. The van der Waals surface area contributed by atoms with E-state index in [2.05, 4.69) is 4.98 Å². The maximum absolute atomic E-state index is 12.6. The minimum atomic E-state index is -3.12. The largest absolute Gasteiger partial charge is 0.476 e. The van der Waals surface area contributed by atoms with Crippen LogP contribution in [-0.4, -0.2) is 65.6 Å². The van der Waals surface area contributed by atoms with E-state index < -0.39 is 45.3 Å². The highest BCUT2D eigenvalue weighted by Gasteiger charge is 2.75. The second-order valence-electron chi connectivity index (χ2n) is 7.65. The monoisotopic (exact) mass is 479 g/mol. The van der Waals surface area contributed by atoms with E-state index in [0.717, 1.165) is 32.5 Å². The zero-order chi connectivity index (χ0) is 23.9. The first-order chi connectivity index (χ1) is 14.9. The van der Waals surface area contributed by atoms with Crippen molar-refractivity contribution in [1.29, 1.82) is 0 Å². The zero-order valence-electron chi connectivity index (χ0n) is 17.5. The van der Waals surface area contributed by atoms with Crippen molar-refractivity contribution < 1.29 is 34.4 Å². The van der Waals surface area contributed by atoms with Gasteiger partial charge in [0.1, 0.15) is 5.75 Å². The van der Waals surface area contributed by atoms with Gasteiger partial charge < -0.3 is 20.1 Å². The molecular formula is C22H22ClNO7S. The Hall–Kier alpha value is -2.30. The third-order valence-electron chi connectivity index (χ3n) is 5.72. The first kappa shape index (κ1) is 24.3. The normalized spacial score (nSPS) is 29.9. The number of Topliss-reactive ketones (excluding diaryl/α,β-unsaturated/α-hetero) is 3. The van der Waals surface area contributed by atoms with Gasteiger partial charge in [-0.1, -0.05) is 17.7 Å². The van der Waals surface area contributed by atoms with Gasteiger partial charge in [0.25, 0.3) is 0 Å². The van der Waals surface area contributed by atoms with Crippen LogP contribution in [0.1, 0.15) is 20.8 Å². The van der Waals surface area contributed by atoms with E-state index in [-0.39, 0.29) is 5.75 Å². The minimum Gasteiger partial charge on any atom is -0.476 e. The van der Waals surface area contributed by atoms with Gasteiger partial charge in [-0.25, -0.2) is 0 Å². The molecule has 2 aromatic rings. The van der Waals surface area contributed by atoms with E-state index in [4.69, 9.17) is 16.3 Å². The summed E-state index contributed by atoms with van der Waals surface area (Å²) in [5.41, 5.74) is -9.00. The second kappa shape index (κ2) is 8.57. The number of ketones is 3. The number of carbonyl (C=O) groups is 3. The van der Waals surface area contributed by atoms with Gasteiger partial charge in [-0.15, -0.1) is 11.8 Å². The molecule has 1 aromatic heterocycles. The highest BCUT2D eigenvalue weighted by Crippen LogP contribution is 2.49. The fourth-order valence-electron chi connectivity index (χ4n) is 3.81. The number of rotatable bonds is 6. The summed E-state index contributed by atoms with van der Waals surface area (Å²) in [6.07, 6.45) is 3.19. The number of hydrogen-bond donors (Lipinski definition) is 3. The molecule has 0 aliphatic carbocycles. The van der Waals surface area contributed by atoms with Crippen LogP contribution in [0.3, 0.4) is 0 Å². The maximum Gasteiger partial charge on any atom is 0.208 e. The molecule has 3 rings (SSSR count). The van der Waals surface area contributed by atoms with Gasteiger partial charge in [0, 0.05) is 34.3 Å². The molecule has 0 amide bonds. The lowest BCUT2D eigenvalue weighted by Gasteiger charge is -2.54. The topological polar surface area (TPSA) is 134 Å². The molecule has 0 unspecified atom stereocenters. The summed E-state index contributed by atoms with van der Waals surface area (Å²) in [4.78, 5) is 41.3.